The van der Waals surface area contributed by atoms with Crippen molar-refractivity contribution in [3.63, 3.8) is 0 Å². The minimum atomic E-state index is -2.92. The summed E-state index contributed by atoms with van der Waals surface area (Å²) in [5.41, 5.74) is 2.16. The Balaban J connectivity index is 1.56. The smallest absolute Gasteiger partial charge is 0.214 e. The largest absolute Gasteiger partial charge is 0.439 e. The van der Waals surface area contributed by atoms with Gasteiger partial charge in [0.2, 0.25) is 5.89 Å². The average molecular weight is 362 g/mol. The van der Waals surface area contributed by atoms with Crippen LogP contribution < -0.4 is 10.6 Å². The maximum absolute atomic E-state index is 11.5. The minimum absolute atomic E-state index is 0.108. The lowest BCUT2D eigenvalue weighted by molar-refractivity contribution is 0.496. The van der Waals surface area contributed by atoms with Gasteiger partial charge in [0.1, 0.15) is 0 Å². The molecule has 1 aliphatic heterocycles. The molecule has 0 aliphatic carbocycles. The zero-order chi connectivity index (χ0) is 17.9. The topological polar surface area (TPSA) is 96.6 Å². The highest BCUT2D eigenvalue weighted by Gasteiger charge is 2.28. The molecule has 134 valence electrons. The van der Waals surface area contributed by atoms with Gasteiger partial charge in [-0.25, -0.2) is 13.4 Å². The van der Waals surface area contributed by atoms with Crippen molar-refractivity contribution in [1.29, 1.82) is 0 Å². The molecule has 1 atom stereocenters. The fourth-order valence-electron chi connectivity index (χ4n) is 2.70. The summed E-state index contributed by atoms with van der Waals surface area (Å²) in [6.07, 6.45) is 2.29. The molecule has 7 nitrogen and oxygen atoms in total. The summed E-state index contributed by atoms with van der Waals surface area (Å²) in [6.45, 7) is 2.40. The van der Waals surface area contributed by atoms with Crippen LogP contribution in [0.4, 0.5) is 0 Å². The van der Waals surface area contributed by atoms with Crippen LogP contribution >= 0.6 is 0 Å². The van der Waals surface area contributed by atoms with E-state index in [1.165, 1.54) is 5.56 Å². The van der Waals surface area contributed by atoms with E-state index in [-0.39, 0.29) is 17.5 Å². The van der Waals surface area contributed by atoms with Gasteiger partial charge in [0.25, 0.3) is 0 Å². The first-order valence-corrected chi connectivity index (χ1v) is 9.97. The minimum Gasteiger partial charge on any atom is -0.439 e. The van der Waals surface area contributed by atoms with Crippen molar-refractivity contribution in [2.75, 3.05) is 18.6 Å². The lowest BCUT2D eigenvalue weighted by Gasteiger charge is -2.15. The number of aliphatic imine (C=N–C) groups is 1. The summed E-state index contributed by atoms with van der Waals surface area (Å²) in [5, 5.41) is 6.23. The number of benzene rings is 1. The normalized spacial score (nSPS) is 19.8. The van der Waals surface area contributed by atoms with Gasteiger partial charge < -0.3 is 15.1 Å². The molecule has 1 saturated heterocycles. The number of guanidine groups is 1. The Morgan fingerprint density at radius 3 is 2.76 bits per heavy atom. The van der Waals surface area contributed by atoms with E-state index in [4.69, 9.17) is 4.42 Å². The number of nitrogens with zero attached hydrogens (tertiary/aromatic N) is 2. The van der Waals surface area contributed by atoms with Gasteiger partial charge in [-0.3, -0.25) is 4.99 Å². The number of aromatic nitrogens is 1. The van der Waals surface area contributed by atoms with Gasteiger partial charge in [-0.15, -0.1) is 0 Å². The number of oxazole rings is 1. The Labute approximate surface area is 147 Å². The third kappa shape index (κ3) is 4.60. The van der Waals surface area contributed by atoms with Crippen molar-refractivity contribution in [1.82, 2.24) is 15.6 Å². The number of hydrogen-bond acceptors (Lipinski definition) is 5. The second-order valence-electron chi connectivity index (χ2n) is 6.15. The molecule has 3 rings (SSSR count). The number of sulfone groups is 1. The average Bonchev–Trinajstić information content (AvgIpc) is 3.18. The van der Waals surface area contributed by atoms with E-state index in [1.54, 1.807) is 13.2 Å². The Morgan fingerprint density at radius 2 is 2.12 bits per heavy atom. The van der Waals surface area contributed by atoms with E-state index in [9.17, 15) is 8.42 Å². The Hall–Kier alpha value is -2.35. The predicted octanol–water partition coefficient (Wildman–Crippen LogP) is 1.50. The molecule has 8 heteroatoms. The van der Waals surface area contributed by atoms with Crippen molar-refractivity contribution in [2.45, 2.75) is 25.9 Å². The lowest BCUT2D eigenvalue weighted by Crippen LogP contribution is -2.43. The van der Waals surface area contributed by atoms with Crippen LogP contribution in [0, 0.1) is 6.92 Å². The predicted molar refractivity (Wildman–Crippen MR) is 97.1 cm³/mol. The Bertz CT molecular complexity index is 856. The summed E-state index contributed by atoms with van der Waals surface area (Å²) in [7, 11) is -1.28. The molecule has 1 aromatic carbocycles. The maximum atomic E-state index is 11.5. The third-order valence-electron chi connectivity index (χ3n) is 4.09. The van der Waals surface area contributed by atoms with Gasteiger partial charge in [0.05, 0.1) is 24.2 Å². The molecule has 1 aliphatic rings. The maximum Gasteiger partial charge on any atom is 0.214 e. The van der Waals surface area contributed by atoms with Crippen LogP contribution in [0.15, 0.2) is 39.9 Å². The third-order valence-corrected chi connectivity index (χ3v) is 5.86. The van der Waals surface area contributed by atoms with Crippen molar-refractivity contribution < 1.29 is 12.8 Å². The summed E-state index contributed by atoms with van der Waals surface area (Å²) in [5.74, 6) is 2.15. The number of hydrogen-bond donors (Lipinski definition) is 2. The van der Waals surface area contributed by atoms with Gasteiger partial charge in [-0.05, 0) is 13.3 Å². The first kappa shape index (κ1) is 17.5. The highest BCUT2D eigenvalue weighted by Crippen LogP contribution is 2.20. The second-order valence-corrected chi connectivity index (χ2v) is 8.38. The Kier molecular flexibility index (Phi) is 5.08. The van der Waals surface area contributed by atoms with Crippen LogP contribution in [-0.2, 0) is 16.4 Å². The Morgan fingerprint density at radius 1 is 1.36 bits per heavy atom. The van der Waals surface area contributed by atoms with Crippen LogP contribution in [0.5, 0.6) is 0 Å². The van der Waals surface area contributed by atoms with Crippen molar-refractivity contribution in [3.05, 3.63) is 41.9 Å². The van der Waals surface area contributed by atoms with Gasteiger partial charge >= 0.3 is 0 Å². The summed E-state index contributed by atoms with van der Waals surface area (Å²) < 4.78 is 28.8. The zero-order valence-corrected chi connectivity index (χ0v) is 15.1. The molecule has 0 amide bonds. The fraction of sp³-hybridized carbons (Fsp3) is 0.412. The number of rotatable bonds is 4. The monoisotopic (exact) mass is 362 g/mol. The molecule has 25 heavy (non-hydrogen) atoms. The lowest BCUT2D eigenvalue weighted by atomic mass is 10.1. The fourth-order valence-corrected chi connectivity index (χ4v) is 4.37. The van der Waals surface area contributed by atoms with Crippen molar-refractivity contribution >= 4 is 15.8 Å². The molecule has 2 N–H and O–H groups in total. The van der Waals surface area contributed by atoms with E-state index in [0.29, 0.717) is 30.6 Å². The van der Waals surface area contributed by atoms with E-state index >= 15 is 0 Å². The molecular weight excluding hydrogens is 340 g/mol. The SMILES string of the molecule is CN=C(NCc1ncc(-c2ccc(C)cc2)o1)NC1CCS(=O)(=O)C1. The number of aryl methyl sites for hydroxylation is 1. The highest BCUT2D eigenvalue weighted by molar-refractivity contribution is 7.91. The van der Waals surface area contributed by atoms with Gasteiger partial charge in [0.15, 0.2) is 21.6 Å². The van der Waals surface area contributed by atoms with Crippen LogP contribution in [0.2, 0.25) is 0 Å². The molecule has 0 radical (unpaired) electrons. The zero-order valence-electron chi connectivity index (χ0n) is 14.3. The standard InChI is InChI=1S/C17H22N4O3S/c1-12-3-5-13(6-4-12)15-9-19-16(24-15)10-20-17(18-2)21-14-7-8-25(22,23)11-14/h3-6,9,14H,7-8,10-11H2,1-2H3,(H2,18,20,21). The molecule has 1 aromatic heterocycles. The van der Waals surface area contributed by atoms with Crippen molar-refractivity contribution in [2.24, 2.45) is 4.99 Å². The van der Waals surface area contributed by atoms with E-state index in [2.05, 4.69) is 20.6 Å². The highest BCUT2D eigenvalue weighted by atomic mass is 32.2. The molecule has 2 aromatic rings. The van der Waals surface area contributed by atoms with Gasteiger partial charge in [-0.2, -0.15) is 0 Å². The molecule has 2 heterocycles. The van der Waals surface area contributed by atoms with Crippen molar-refractivity contribution in [3.8, 4) is 11.3 Å². The van der Waals surface area contributed by atoms with E-state index < -0.39 is 9.84 Å². The molecule has 0 saturated carbocycles. The molecular formula is C17H22N4O3S. The molecule has 0 bridgehead atoms. The quantitative estimate of drug-likeness (QED) is 0.632. The molecule has 1 fully saturated rings. The summed E-state index contributed by atoms with van der Waals surface area (Å²) in [6, 6.07) is 7.93. The van der Waals surface area contributed by atoms with Crippen LogP contribution in [0.25, 0.3) is 11.3 Å². The number of nitrogens with one attached hydrogen (secondary N) is 2. The van der Waals surface area contributed by atoms with E-state index in [0.717, 1.165) is 5.56 Å². The van der Waals surface area contributed by atoms with Crippen LogP contribution in [0.1, 0.15) is 17.9 Å². The summed E-state index contributed by atoms with van der Waals surface area (Å²) in [4.78, 5) is 8.39. The first-order chi connectivity index (χ1) is 11.9. The summed E-state index contributed by atoms with van der Waals surface area (Å²) >= 11 is 0. The first-order valence-electron chi connectivity index (χ1n) is 8.14. The van der Waals surface area contributed by atoms with Gasteiger partial charge in [0, 0.05) is 18.7 Å². The van der Waals surface area contributed by atoms with E-state index in [1.807, 2.05) is 31.2 Å². The van der Waals surface area contributed by atoms with Gasteiger partial charge in [-0.1, -0.05) is 29.8 Å². The molecule has 1 unspecified atom stereocenters. The van der Waals surface area contributed by atoms with Crippen LogP contribution in [0.3, 0.4) is 0 Å². The van der Waals surface area contributed by atoms with Crippen LogP contribution in [-0.4, -0.2) is 44.0 Å². The second kappa shape index (κ2) is 7.26. The molecule has 0 spiro atoms.